The zero-order valence-electron chi connectivity index (χ0n) is 14.0. The van der Waals surface area contributed by atoms with Gasteiger partial charge in [-0.15, -0.1) is 11.3 Å². The Morgan fingerprint density at radius 3 is 2.96 bits per heavy atom. The fraction of sp³-hybridized carbons (Fsp3) is 0.278. The van der Waals surface area contributed by atoms with Gasteiger partial charge in [-0.05, 0) is 31.9 Å². The molecule has 128 valence electrons. The van der Waals surface area contributed by atoms with Gasteiger partial charge in [-0.25, -0.2) is 4.98 Å². The molecule has 2 aromatic heterocycles. The molecule has 1 aliphatic rings. The summed E-state index contributed by atoms with van der Waals surface area (Å²) < 4.78 is 6.97. The molecule has 7 heteroatoms. The van der Waals surface area contributed by atoms with Crippen LogP contribution in [0.25, 0.3) is 16.4 Å². The summed E-state index contributed by atoms with van der Waals surface area (Å²) in [5, 5.41) is 10.1. The summed E-state index contributed by atoms with van der Waals surface area (Å²) >= 11 is 1.49. The highest BCUT2D eigenvalue weighted by atomic mass is 32.1. The van der Waals surface area contributed by atoms with Crippen LogP contribution in [-0.2, 0) is 4.79 Å². The van der Waals surface area contributed by atoms with Crippen molar-refractivity contribution < 1.29 is 9.53 Å². The van der Waals surface area contributed by atoms with Crippen LogP contribution in [-0.4, -0.2) is 27.8 Å². The number of thiazole rings is 1. The van der Waals surface area contributed by atoms with Gasteiger partial charge in [-0.3, -0.25) is 4.79 Å². The van der Waals surface area contributed by atoms with Gasteiger partial charge in [0.15, 0.2) is 0 Å². The highest BCUT2D eigenvalue weighted by molar-refractivity contribution is 7.12. The number of hydrogen-bond donors (Lipinski definition) is 1. The van der Waals surface area contributed by atoms with Crippen LogP contribution in [0, 0.1) is 12.8 Å². The maximum atomic E-state index is 12.1. The van der Waals surface area contributed by atoms with Crippen LogP contribution in [0.15, 0.2) is 35.7 Å². The summed E-state index contributed by atoms with van der Waals surface area (Å²) in [7, 11) is 1.65. The first-order chi connectivity index (χ1) is 12.1. The lowest BCUT2D eigenvalue weighted by Crippen LogP contribution is -2.16. The van der Waals surface area contributed by atoms with Gasteiger partial charge in [0, 0.05) is 22.9 Å². The summed E-state index contributed by atoms with van der Waals surface area (Å²) in [5.41, 5.74) is 2.67. The number of carbonyl (C=O) groups excluding carboxylic acids is 1. The van der Waals surface area contributed by atoms with Crippen LogP contribution < -0.4 is 10.1 Å². The Bertz CT molecular complexity index is 927. The van der Waals surface area contributed by atoms with E-state index in [1.165, 1.54) is 11.3 Å². The number of nitrogens with one attached hydrogen (secondary N) is 1. The predicted octanol–water partition coefficient (Wildman–Crippen LogP) is 3.66. The van der Waals surface area contributed by atoms with Crippen LogP contribution in [0.3, 0.4) is 0 Å². The van der Waals surface area contributed by atoms with Crippen LogP contribution in [0.4, 0.5) is 5.82 Å². The average Bonchev–Trinajstić information content (AvgIpc) is 3.25. The lowest BCUT2D eigenvalue weighted by molar-refractivity contribution is -0.117. The van der Waals surface area contributed by atoms with Gasteiger partial charge in [-0.2, -0.15) is 9.78 Å². The normalized spacial score (nSPS) is 13.7. The molecule has 0 radical (unpaired) electrons. The Morgan fingerprint density at radius 1 is 1.36 bits per heavy atom. The van der Waals surface area contributed by atoms with Crippen molar-refractivity contribution in [2.45, 2.75) is 19.8 Å². The minimum Gasteiger partial charge on any atom is -0.497 e. The van der Waals surface area contributed by atoms with Gasteiger partial charge < -0.3 is 10.1 Å². The average molecular weight is 354 g/mol. The molecule has 1 N–H and O–H groups in total. The molecule has 0 spiro atoms. The topological polar surface area (TPSA) is 69.0 Å². The quantitative estimate of drug-likeness (QED) is 0.759. The van der Waals surface area contributed by atoms with E-state index in [-0.39, 0.29) is 11.8 Å². The van der Waals surface area contributed by atoms with Crippen LogP contribution >= 0.6 is 11.3 Å². The first kappa shape index (κ1) is 15.8. The van der Waals surface area contributed by atoms with E-state index in [1.54, 1.807) is 11.8 Å². The molecule has 0 unspecified atom stereocenters. The zero-order valence-corrected chi connectivity index (χ0v) is 14.8. The molecule has 25 heavy (non-hydrogen) atoms. The van der Waals surface area contributed by atoms with Gasteiger partial charge in [0.2, 0.25) is 11.0 Å². The summed E-state index contributed by atoms with van der Waals surface area (Å²) in [6.07, 6.45) is 1.94. The third-order valence-electron chi connectivity index (χ3n) is 4.07. The van der Waals surface area contributed by atoms with E-state index in [0.717, 1.165) is 40.7 Å². The number of ether oxygens (including phenoxy) is 1. The number of amides is 1. The molecule has 3 aromatic rings. The van der Waals surface area contributed by atoms with Gasteiger partial charge in [0.1, 0.15) is 11.6 Å². The van der Waals surface area contributed by atoms with Crippen molar-refractivity contribution >= 4 is 23.1 Å². The minimum atomic E-state index is 0.0609. The molecule has 0 bridgehead atoms. The van der Waals surface area contributed by atoms with Crippen molar-refractivity contribution in [3.63, 3.8) is 0 Å². The van der Waals surface area contributed by atoms with Crippen molar-refractivity contribution in [1.29, 1.82) is 0 Å². The second kappa shape index (κ2) is 6.33. The molecule has 0 atom stereocenters. The van der Waals surface area contributed by atoms with Gasteiger partial charge in [0.05, 0.1) is 18.5 Å². The number of nitrogens with zero attached hydrogens (tertiary/aromatic N) is 3. The Kier molecular flexibility index (Phi) is 4.01. The van der Waals surface area contributed by atoms with Crippen molar-refractivity contribution in [3.8, 4) is 22.1 Å². The smallest absolute Gasteiger partial charge is 0.228 e. The molecule has 1 amide bonds. The third-order valence-corrected chi connectivity index (χ3v) is 4.89. The number of carbonyl (C=O) groups is 1. The largest absolute Gasteiger partial charge is 0.497 e. The van der Waals surface area contributed by atoms with Crippen molar-refractivity contribution in [2.24, 2.45) is 5.92 Å². The highest BCUT2D eigenvalue weighted by Gasteiger charge is 2.30. The molecule has 6 nitrogen and oxygen atoms in total. The number of hydrogen-bond acceptors (Lipinski definition) is 5. The number of anilines is 1. The molecular formula is C18H18N4O2S. The fourth-order valence-corrected chi connectivity index (χ4v) is 3.38. The first-order valence-corrected chi connectivity index (χ1v) is 9.00. The number of rotatable bonds is 5. The number of methoxy groups -OCH3 is 1. The van der Waals surface area contributed by atoms with E-state index < -0.39 is 0 Å². The Morgan fingerprint density at radius 2 is 2.20 bits per heavy atom. The van der Waals surface area contributed by atoms with E-state index >= 15 is 0 Å². The molecule has 2 heterocycles. The van der Waals surface area contributed by atoms with E-state index in [0.29, 0.717) is 5.82 Å². The lowest BCUT2D eigenvalue weighted by atomic mass is 10.2. The van der Waals surface area contributed by atoms with E-state index in [2.05, 4.69) is 15.4 Å². The summed E-state index contributed by atoms with van der Waals surface area (Å²) in [5.74, 6) is 1.67. The molecule has 1 saturated carbocycles. The minimum absolute atomic E-state index is 0.0609. The van der Waals surface area contributed by atoms with Crippen molar-refractivity contribution in [3.05, 3.63) is 41.4 Å². The molecule has 0 aliphatic heterocycles. The first-order valence-electron chi connectivity index (χ1n) is 8.12. The Labute approximate surface area is 149 Å². The second-order valence-electron chi connectivity index (χ2n) is 6.09. The predicted molar refractivity (Wildman–Crippen MR) is 97.3 cm³/mol. The number of aromatic nitrogens is 3. The highest BCUT2D eigenvalue weighted by Crippen LogP contribution is 2.32. The van der Waals surface area contributed by atoms with Gasteiger partial charge in [0.25, 0.3) is 0 Å². The summed E-state index contributed by atoms with van der Waals surface area (Å²) in [6, 6.07) is 9.65. The number of aryl methyl sites for hydroxylation is 1. The lowest BCUT2D eigenvalue weighted by Gasteiger charge is -2.05. The summed E-state index contributed by atoms with van der Waals surface area (Å²) in [6.45, 7) is 1.90. The monoisotopic (exact) mass is 354 g/mol. The number of benzene rings is 1. The van der Waals surface area contributed by atoms with Crippen molar-refractivity contribution in [1.82, 2.24) is 14.8 Å². The van der Waals surface area contributed by atoms with Crippen LogP contribution in [0.2, 0.25) is 0 Å². The van der Waals surface area contributed by atoms with Crippen LogP contribution in [0.5, 0.6) is 5.75 Å². The van der Waals surface area contributed by atoms with Crippen molar-refractivity contribution in [2.75, 3.05) is 12.4 Å². The van der Waals surface area contributed by atoms with Crippen LogP contribution in [0.1, 0.15) is 18.5 Å². The van der Waals surface area contributed by atoms with E-state index in [9.17, 15) is 4.79 Å². The maximum absolute atomic E-state index is 12.1. The Hall–Kier alpha value is -2.67. The van der Waals surface area contributed by atoms with Gasteiger partial charge in [-0.1, -0.05) is 12.1 Å². The van der Waals surface area contributed by atoms with Gasteiger partial charge >= 0.3 is 0 Å². The molecule has 4 rings (SSSR count). The van der Waals surface area contributed by atoms with E-state index in [4.69, 9.17) is 4.74 Å². The van der Waals surface area contributed by atoms with E-state index in [1.807, 2.05) is 42.6 Å². The molecule has 1 aliphatic carbocycles. The Balaban J connectivity index is 1.64. The fourth-order valence-electron chi connectivity index (χ4n) is 2.58. The SMILES string of the molecule is COc1cccc(-c2csc(-n3nc(C)cc3NC(=O)C3CC3)n2)c1. The zero-order chi connectivity index (χ0) is 17.4. The molecule has 1 aromatic carbocycles. The molecule has 1 fully saturated rings. The maximum Gasteiger partial charge on any atom is 0.228 e. The second-order valence-corrected chi connectivity index (χ2v) is 6.93. The third kappa shape index (κ3) is 3.28. The standard InChI is InChI=1S/C18H18N4O2S/c1-11-8-16(20-17(23)12-6-7-12)22(21-11)18-19-15(10-25-18)13-4-3-5-14(9-13)24-2/h3-5,8-10,12H,6-7H2,1-2H3,(H,20,23). The molecule has 0 saturated heterocycles. The molecular weight excluding hydrogens is 336 g/mol. The summed E-state index contributed by atoms with van der Waals surface area (Å²) in [4.78, 5) is 16.8.